The Morgan fingerprint density at radius 1 is 1.17 bits per heavy atom. The number of urea groups is 1. The number of nitrogens with zero attached hydrogens (tertiary/aromatic N) is 1. The number of halogens is 3. The number of aryl methyl sites for hydroxylation is 1. The van der Waals surface area contributed by atoms with Crippen LogP contribution in [0.4, 0.5) is 10.5 Å². The van der Waals surface area contributed by atoms with Crippen LogP contribution in [-0.4, -0.2) is 24.5 Å². The van der Waals surface area contributed by atoms with Crippen LogP contribution in [0, 0.1) is 6.92 Å². The molecule has 0 aromatic heterocycles. The van der Waals surface area contributed by atoms with Gasteiger partial charge in [-0.3, -0.25) is 14.9 Å². The van der Waals surface area contributed by atoms with Crippen LogP contribution in [0.25, 0.3) is 6.08 Å². The van der Waals surface area contributed by atoms with Gasteiger partial charge in [0.15, 0.2) is 0 Å². The summed E-state index contributed by atoms with van der Waals surface area (Å²) < 4.78 is 6.81. The number of carbonyl (C=O) groups excluding carboxylic acids is 3. The summed E-state index contributed by atoms with van der Waals surface area (Å²) in [4.78, 5) is 38.8. The van der Waals surface area contributed by atoms with E-state index >= 15 is 0 Å². The number of barbiturate groups is 1. The molecule has 30 heavy (non-hydrogen) atoms. The zero-order chi connectivity index (χ0) is 22.0. The van der Waals surface area contributed by atoms with E-state index < -0.39 is 17.8 Å². The van der Waals surface area contributed by atoms with Crippen LogP contribution in [0.2, 0.25) is 5.02 Å². The molecule has 0 atom stereocenters. The zero-order valence-corrected chi connectivity index (χ0v) is 19.6. The minimum absolute atomic E-state index is 0.187. The summed E-state index contributed by atoms with van der Waals surface area (Å²) in [5.74, 6) is -0.962. The number of nitrogens with one attached hydrogen (secondary N) is 1. The summed E-state index contributed by atoms with van der Waals surface area (Å²) >= 11 is 12.9. The fraction of sp³-hybridized carbons (Fsp3) is 0.0952. The summed E-state index contributed by atoms with van der Waals surface area (Å²) in [6, 6.07) is 7.40. The Kier molecular flexibility index (Phi) is 6.80. The van der Waals surface area contributed by atoms with E-state index in [9.17, 15) is 14.4 Å². The third-order valence-corrected chi connectivity index (χ3v) is 5.60. The van der Waals surface area contributed by atoms with E-state index in [1.54, 1.807) is 37.3 Å². The van der Waals surface area contributed by atoms with Gasteiger partial charge < -0.3 is 4.74 Å². The summed E-state index contributed by atoms with van der Waals surface area (Å²) in [5.41, 5.74) is 1.33. The molecule has 1 aliphatic rings. The van der Waals surface area contributed by atoms with E-state index in [0.717, 1.165) is 4.90 Å². The van der Waals surface area contributed by atoms with E-state index in [-0.39, 0.29) is 5.57 Å². The van der Waals surface area contributed by atoms with Gasteiger partial charge in [0.05, 0.1) is 14.6 Å². The van der Waals surface area contributed by atoms with Gasteiger partial charge in [-0.15, -0.1) is 0 Å². The summed E-state index contributed by atoms with van der Waals surface area (Å²) in [7, 11) is 0. The highest BCUT2D eigenvalue weighted by atomic mass is 79.9. The standard InChI is InChI=1S/C21H15Br2ClN2O4/c1-3-6-30-18-15(22)8-12(9-16(18)23)7-14-19(27)25-21(29)26(20(14)28)17-10-13(24)5-4-11(17)2/h3-5,7-10H,1,6H2,2H3,(H,25,27,29)/b14-7+. The van der Waals surface area contributed by atoms with Crippen LogP contribution in [0.1, 0.15) is 11.1 Å². The highest BCUT2D eigenvalue weighted by molar-refractivity contribution is 9.11. The van der Waals surface area contributed by atoms with Gasteiger partial charge in [-0.2, -0.15) is 0 Å². The molecule has 3 rings (SSSR count). The molecule has 6 nitrogen and oxygen atoms in total. The van der Waals surface area contributed by atoms with Crippen molar-refractivity contribution in [2.75, 3.05) is 11.5 Å². The van der Waals surface area contributed by atoms with Gasteiger partial charge in [0.2, 0.25) is 0 Å². The number of hydrogen-bond acceptors (Lipinski definition) is 4. The molecular formula is C21H15Br2ClN2O4. The Labute approximate surface area is 194 Å². The highest BCUT2D eigenvalue weighted by Gasteiger charge is 2.37. The summed E-state index contributed by atoms with van der Waals surface area (Å²) in [6.45, 7) is 5.66. The summed E-state index contributed by atoms with van der Waals surface area (Å²) in [5, 5.41) is 2.56. The molecule has 4 amide bonds. The topological polar surface area (TPSA) is 75.7 Å². The largest absolute Gasteiger partial charge is 0.487 e. The maximum absolute atomic E-state index is 13.1. The molecule has 1 N–H and O–H groups in total. The van der Waals surface area contributed by atoms with Crippen LogP contribution in [0.15, 0.2) is 57.5 Å². The van der Waals surface area contributed by atoms with Gasteiger partial charge in [0, 0.05) is 5.02 Å². The van der Waals surface area contributed by atoms with Gasteiger partial charge in [-0.25, -0.2) is 9.69 Å². The average molecular weight is 555 g/mol. The summed E-state index contributed by atoms with van der Waals surface area (Å²) in [6.07, 6.45) is 3.02. The van der Waals surface area contributed by atoms with E-state index in [1.165, 1.54) is 12.1 Å². The Bertz CT molecular complexity index is 1090. The molecule has 1 aliphatic heterocycles. The van der Waals surface area contributed by atoms with Crippen LogP contribution in [0.5, 0.6) is 5.75 Å². The number of anilines is 1. The molecule has 9 heteroatoms. The Morgan fingerprint density at radius 2 is 1.83 bits per heavy atom. The fourth-order valence-electron chi connectivity index (χ4n) is 2.81. The minimum Gasteiger partial charge on any atom is -0.487 e. The van der Waals surface area contributed by atoms with Gasteiger partial charge in [-0.05, 0) is 80.3 Å². The van der Waals surface area contributed by atoms with Gasteiger partial charge >= 0.3 is 6.03 Å². The van der Waals surface area contributed by atoms with Crippen LogP contribution < -0.4 is 15.0 Å². The van der Waals surface area contributed by atoms with Crippen molar-refractivity contribution in [2.24, 2.45) is 0 Å². The Morgan fingerprint density at radius 3 is 2.47 bits per heavy atom. The molecule has 154 valence electrons. The first kappa shape index (κ1) is 22.3. The molecule has 1 heterocycles. The first-order valence-electron chi connectivity index (χ1n) is 8.63. The minimum atomic E-state index is -0.831. The number of imide groups is 2. The number of carbonyl (C=O) groups is 3. The lowest BCUT2D eigenvalue weighted by Crippen LogP contribution is -2.54. The number of ether oxygens (including phenoxy) is 1. The SMILES string of the molecule is C=CCOc1c(Br)cc(/C=C2\C(=O)NC(=O)N(c3cc(Cl)ccc3C)C2=O)cc1Br. The number of hydrogen-bond donors (Lipinski definition) is 1. The Hall–Kier alpha value is -2.42. The van der Waals surface area contributed by atoms with Crippen molar-refractivity contribution in [1.82, 2.24) is 5.32 Å². The van der Waals surface area contributed by atoms with Crippen LogP contribution in [-0.2, 0) is 9.59 Å². The molecular weight excluding hydrogens is 540 g/mol. The molecule has 1 fully saturated rings. The molecule has 0 unspecified atom stereocenters. The zero-order valence-electron chi connectivity index (χ0n) is 15.7. The third kappa shape index (κ3) is 4.50. The van der Waals surface area contributed by atoms with Crippen molar-refractivity contribution in [1.29, 1.82) is 0 Å². The second-order valence-electron chi connectivity index (χ2n) is 6.30. The predicted octanol–water partition coefficient (Wildman–Crippen LogP) is 5.40. The van der Waals surface area contributed by atoms with Crippen molar-refractivity contribution in [3.63, 3.8) is 0 Å². The smallest absolute Gasteiger partial charge is 0.335 e. The van der Waals surface area contributed by atoms with Crippen molar-refractivity contribution < 1.29 is 19.1 Å². The highest BCUT2D eigenvalue weighted by Crippen LogP contribution is 2.36. The second kappa shape index (κ2) is 9.16. The molecule has 0 aliphatic carbocycles. The number of rotatable bonds is 5. The predicted molar refractivity (Wildman–Crippen MR) is 123 cm³/mol. The van der Waals surface area contributed by atoms with Gasteiger partial charge in [-0.1, -0.05) is 30.3 Å². The quantitative estimate of drug-likeness (QED) is 0.305. The van der Waals surface area contributed by atoms with E-state index in [1.807, 2.05) is 0 Å². The maximum atomic E-state index is 13.1. The van der Waals surface area contributed by atoms with Gasteiger partial charge in [0.1, 0.15) is 17.9 Å². The molecule has 0 saturated carbocycles. The Balaban J connectivity index is 2.03. The first-order chi connectivity index (χ1) is 14.2. The van der Waals surface area contributed by atoms with E-state index in [2.05, 4.69) is 43.8 Å². The van der Waals surface area contributed by atoms with E-state index in [0.29, 0.717) is 43.1 Å². The van der Waals surface area contributed by atoms with E-state index in [4.69, 9.17) is 16.3 Å². The van der Waals surface area contributed by atoms with Crippen LogP contribution >= 0.6 is 43.5 Å². The molecule has 0 spiro atoms. The lowest BCUT2D eigenvalue weighted by molar-refractivity contribution is -0.122. The lowest BCUT2D eigenvalue weighted by atomic mass is 10.1. The fourth-order valence-corrected chi connectivity index (χ4v) is 4.43. The molecule has 1 saturated heterocycles. The molecule has 0 bridgehead atoms. The normalized spacial score (nSPS) is 15.4. The molecule has 2 aromatic carbocycles. The average Bonchev–Trinajstić information content (AvgIpc) is 2.67. The third-order valence-electron chi connectivity index (χ3n) is 4.19. The lowest BCUT2D eigenvalue weighted by Gasteiger charge is -2.27. The van der Waals surface area contributed by atoms with Crippen molar-refractivity contribution in [3.8, 4) is 5.75 Å². The second-order valence-corrected chi connectivity index (χ2v) is 8.45. The monoisotopic (exact) mass is 552 g/mol. The first-order valence-corrected chi connectivity index (χ1v) is 10.6. The van der Waals surface area contributed by atoms with Crippen LogP contribution in [0.3, 0.4) is 0 Å². The van der Waals surface area contributed by atoms with Crippen molar-refractivity contribution in [2.45, 2.75) is 6.92 Å². The van der Waals surface area contributed by atoms with Crippen molar-refractivity contribution >= 4 is 73.1 Å². The van der Waals surface area contributed by atoms with Crippen molar-refractivity contribution in [3.05, 3.63) is 73.7 Å². The van der Waals surface area contributed by atoms with Gasteiger partial charge in [0.25, 0.3) is 11.8 Å². The number of benzene rings is 2. The number of amides is 4. The molecule has 0 radical (unpaired) electrons. The molecule has 2 aromatic rings. The maximum Gasteiger partial charge on any atom is 0.335 e.